The van der Waals surface area contributed by atoms with Crippen molar-refractivity contribution in [3.63, 3.8) is 0 Å². The van der Waals surface area contributed by atoms with E-state index in [0.717, 1.165) is 11.1 Å². The van der Waals surface area contributed by atoms with Crippen molar-refractivity contribution in [1.82, 2.24) is 4.98 Å². The first kappa shape index (κ1) is 21.0. The van der Waals surface area contributed by atoms with Gasteiger partial charge in [-0.3, -0.25) is 4.79 Å². The van der Waals surface area contributed by atoms with Gasteiger partial charge in [-0.05, 0) is 23.3 Å². The highest BCUT2D eigenvalue weighted by Gasteiger charge is 2.20. The van der Waals surface area contributed by atoms with Crippen LogP contribution in [0.1, 0.15) is 32.0 Å². The Labute approximate surface area is 188 Å². The van der Waals surface area contributed by atoms with Gasteiger partial charge in [0, 0.05) is 28.9 Å². The predicted octanol–water partition coefficient (Wildman–Crippen LogP) is 6.21. The molecule has 3 N–H and O–H groups in total. The SMILES string of the molecule is O=C(Cc1ccccc1CNc1c(C(=O)O)[nH]c2cc(Cl)cc(Cl)c12)c1ccccc1. The molecule has 31 heavy (non-hydrogen) atoms. The van der Waals surface area contributed by atoms with Crippen molar-refractivity contribution >= 4 is 51.5 Å². The van der Waals surface area contributed by atoms with E-state index in [4.69, 9.17) is 23.2 Å². The largest absolute Gasteiger partial charge is 0.477 e. The summed E-state index contributed by atoms with van der Waals surface area (Å²) >= 11 is 12.4. The van der Waals surface area contributed by atoms with Gasteiger partial charge >= 0.3 is 5.97 Å². The number of fused-ring (bicyclic) bond motifs is 1. The smallest absolute Gasteiger partial charge is 0.354 e. The second-order valence-corrected chi connectivity index (χ2v) is 7.92. The van der Waals surface area contributed by atoms with Crippen molar-refractivity contribution in [1.29, 1.82) is 0 Å². The van der Waals surface area contributed by atoms with Gasteiger partial charge in [0.1, 0.15) is 5.69 Å². The van der Waals surface area contributed by atoms with E-state index in [1.807, 2.05) is 42.5 Å². The number of carbonyl (C=O) groups excluding carboxylic acids is 1. The Balaban J connectivity index is 1.63. The summed E-state index contributed by atoms with van der Waals surface area (Å²) < 4.78 is 0. The van der Waals surface area contributed by atoms with E-state index in [2.05, 4.69) is 10.3 Å². The van der Waals surface area contributed by atoms with E-state index in [1.54, 1.807) is 24.3 Å². The zero-order valence-electron chi connectivity index (χ0n) is 16.3. The Morgan fingerprint density at radius 1 is 0.935 bits per heavy atom. The van der Waals surface area contributed by atoms with Crippen LogP contribution in [0.5, 0.6) is 0 Å². The van der Waals surface area contributed by atoms with Crippen LogP contribution >= 0.6 is 23.2 Å². The maximum absolute atomic E-state index is 12.7. The minimum Gasteiger partial charge on any atom is -0.477 e. The van der Waals surface area contributed by atoms with Crippen molar-refractivity contribution in [2.24, 2.45) is 0 Å². The summed E-state index contributed by atoms with van der Waals surface area (Å²) in [5, 5.41) is 14.1. The average molecular weight is 453 g/mol. The molecule has 0 spiro atoms. The minimum atomic E-state index is -1.11. The molecule has 4 rings (SSSR count). The van der Waals surface area contributed by atoms with Gasteiger partial charge in [-0.15, -0.1) is 0 Å². The molecule has 0 aliphatic heterocycles. The molecule has 0 saturated heterocycles. The number of carbonyl (C=O) groups is 2. The number of H-pyrrole nitrogens is 1. The van der Waals surface area contributed by atoms with E-state index >= 15 is 0 Å². The van der Waals surface area contributed by atoms with Crippen LogP contribution in [0, 0.1) is 0 Å². The van der Waals surface area contributed by atoms with Gasteiger partial charge in [0.05, 0.1) is 16.2 Å². The normalized spacial score (nSPS) is 10.9. The standard InChI is InChI=1S/C24H18Cl2N2O3/c25-17-11-18(26)21-19(12-17)28-23(24(30)31)22(21)27-13-16-9-5-4-8-15(16)10-20(29)14-6-2-1-3-7-14/h1-9,11-12,27-28H,10,13H2,(H,30,31). The fourth-order valence-electron chi connectivity index (χ4n) is 3.57. The number of rotatable bonds is 7. The average Bonchev–Trinajstić information content (AvgIpc) is 3.12. The molecule has 5 nitrogen and oxygen atoms in total. The molecule has 0 fully saturated rings. The predicted molar refractivity (Wildman–Crippen MR) is 124 cm³/mol. The molecule has 0 atom stereocenters. The fraction of sp³-hybridized carbons (Fsp3) is 0.0833. The Kier molecular flexibility index (Phi) is 5.98. The number of benzene rings is 3. The Hall–Kier alpha value is -3.28. The summed E-state index contributed by atoms with van der Waals surface area (Å²) in [5.41, 5.74) is 3.33. The van der Waals surface area contributed by atoms with Crippen LogP contribution in [0.3, 0.4) is 0 Å². The molecule has 0 bridgehead atoms. The van der Waals surface area contributed by atoms with Crippen molar-refractivity contribution in [3.8, 4) is 0 Å². The maximum Gasteiger partial charge on any atom is 0.354 e. The van der Waals surface area contributed by atoms with Crippen LogP contribution in [0.25, 0.3) is 10.9 Å². The summed E-state index contributed by atoms with van der Waals surface area (Å²) in [4.78, 5) is 27.3. The highest BCUT2D eigenvalue weighted by atomic mass is 35.5. The van der Waals surface area contributed by atoms with Gasteiger partial charge in [0.25, 0.3) is 0 Å². The molecule has 1 aromatic heterocycles. The lowest BCUT2D eigenvalue weighted by molar-refractivity contribution is 0.0692. The first-order valence-corrected chi connectivity index (χ1v) is 10.3. The lowest BCUT2D eigenvalue weighted by Gasteiger charge is -2.12. The van der Waals surface area contributed by atoms with Crippen LogP contribution in [0.4, 0.5) is 5.69 Å². The van der Waals surface area contributed by atoms with Gasteiger partial charge in [0.2, 0.25) is 0 Å². The monoisotopic (exact) mass is 452 g/mol. The number of carboxylic acids is 1. The third-order valence-corrected chi connectivity index (χ3v) is 5.57. The molecule has 0 unspecified atom stereocenters. The van der Waals surface area contributed by atoms with E-state index in [9.17, 15) is 14.7 Å². The second-order valence-electron chi connectivity index (χ2n) is 7.08. The molecular formula is C24H18Cl2N2O3. The van der Waals surface area contributed by atoms with Crippen LogP contribution < -0.4 is 5.32 Å². The number of aromatic carboxylic acids is 1. The molecule has 0 aliphatic rings. The molecule has 0 radical (unpaired) electrons. The number of hydrogen-bond donors (Lipinski definition) is 3. The topological polar surface area (TPSA) is 82.2 Å². The van der Waals surface area contributed by atoms with E-state index in [-0.39, 0.29) is 17.9 Å². The summed E-state index contributed by atoms with van der Waals surface area (Å²) in [6.07, 6.45) is 0.248. The summed E-state index contributed by atoms with van der Waals surface area (Å²) in [6.45, 7) is 0.324. The molecule has 1 heterocycles. The second kappa shape index (κ2) is 8.84. The number of anilines is 1. The molecule has 0 saturated carbocycles. The maximum atomic E-state index is 12.7. The zero-order chi connectivity index (χ0) is 22.0. The van der Waals surface area contributed by atoms with E-state index in [1.165, 1.54) is 0 Å². The summed E-state index contributed by atoms with van der Waals surface area (Å²) in [7, 11) is 0. The molecule has 7 heteroatoms. The Morgan fingerprint density at radius 3 is 2.32 bits per heavy atom. The minimum absolute atomic E-state index is 0.00277. The van der Waals surface area contributed by atoms with Crippen LogP contribution in [-0.4, -0.2) is 21.8 Å². The van der Waals surface area contributed by atoms with Gasteiger partial charge in [-0.2, -0.15) is 0 Å². The molecule has 0 amide bonds. The summed E-state index contributed by atoms with van der Waals surface area (Å²) in [6, 6.07) is 19.9. The van der Waals surface area contributed by atoms with Crippen LogP contribution in [0.15, 0.2) is 66.7 Å². The number of ketones is 1. The van der Waals surface area contributed by atoms with E-state index in [0.29, 0.717) is 38.7 Å². The highest BCUT2D eigenvalue weighted by Crippen LogP contribution is 2.36. The number of nitrogens with one attached hydrogen (secondary N) is 2. The van der Waals surface area contributed by atoms with Crippen molar-refractivity contribution in [2.45, 2.75) is 13.0 Å². The van der Waals surface area contributed by atoms with Gasteiger partial charge < -0.3 is 15.4 Å². The van der Waals surface area contributed by atoms with E-state index < -0.39 is 5.97 Å². The van der Waals surface area contributed by atoms with Crippen molar-refractivity contribution < 1.29 is 14.7 Å². The van der Waals surface area contributed by atoms with Crippen molar-refractivity contribution in [2.75, 3.05) is 5.32 Å². The third kappa shape index (κ3) is 4.43. The number of carboxylic acid groups (broad SMARTS) is 1. The van der Waals surface area contributed by atoms with Gasteiger partial charge in [-0.25, -0.2) is 4.79 Å². The van der Waals surface area contributed by atoms with Crippen LogP contribution in [0.2, 0.25) is 10.0 Å². The number of aromatic nitrogens is 1. The Morgan fingerprint density at radius 2 is 1.61 bits per heavy atom. The number of halogens is 2. The number of Topliss-reactive ketones (excluding diaryl/α,β-unsaturated/α-hetero) is 1. The molecular weight excluding hydrogens is 435 g/mol. The molecule has 4 aromatic rings. The number of aromatic amines is 1. The first-order chi connectivity index (χ1) is 14.9. The quantitative estimate of drug-likeness (QED) is 0.291. The lowest BCUT2D eigenvalue weighted by Crippen LogP contribution is -2.10. The van der Waals surface area contributed by atoms with Gasteiger partial charge in [-0.1, -0.05) is 77.8 Å². The molecule has 156 valence electrons. The molecule has 3 aromatic carbocycles. The summed E-state index contributed by atoms with van der Waals surface area (Å²) in [5.74, 6) is -1.09. The molecule has 0 aliphatic carbocycles. The zero-order valence-corrected chi connectivity index (χ0v) is 17.8. The van der Waals surface area contributed by atoms with Gasteiger partial charge in [0.15, 0.2) is 5.78 Å². The number of hydrogen-bond acceptors (Lipinski definition) is 3. The highest BCUT2D eigenvalue weighted by molar-refractivity contribution is 6.40. The Bertz CT molecular complexity index is 1280. The third-order valence-electron chi connectivity index (χ3n) is 5.05. The van der Waals surface area contributed by atoms with Crippen LogP contribution in [-0.2, 0) is 13.0 Å². The van der Waals surface area contributed by atoms with Crippen molar-refractivity contribution in [3.05, 3.63) is 99.2 Å². The lowest BCUT2D eigenvalue weighted by atomic mass is 9.98. The first-order valence-electron chi connectivity index (χ1n) is 9.57. The fourth-order valence-corrected chi connectivity index (χ4v) is 4.16.